The van der Waals surface area contributed by atoms with Crippen LogP contribution in [0.1, 0.15) is 36.6 Å². The van der Waals surface area contributed by atoms with E-state index in [1.807, 2.05) is 6.07 Å². The van der Waals surface area contributed by atoms with Crippen molar-refractivity contribution in [2.24, 2.45) is 0 Å². The maximum Gasteiger partial charge on any atom is 0.0692 e. The first-order valence-electron chi connectivity index (χ1n) is 4.54. The predicted molar refractivity (Wildman–Crippen MR) is 53.5 cm³/mol. The first-order chi connectivity index (χ1) is 5.88. The normalized spacial score (nSPS) is 10.5. The second kappa shape index (κ2) is 5.33. The van der Waals surface area contributed by atoms with Gasteiger partial charge in [-0.05, 0) is 29.9 Å². The smallest absolute Gasteiger partial charge is 0.0692 e. The van der Waals surface area contributed by atoms with Crippen LogP contribution in [0, 0.1) is 0 Å². The van der Waals surface area contributed by atoms with Crippen molar-refractivity contribution >= 4 is 11.3 Å². The summed E-state index contributed by atoms with van der Waals surface area (Å²) in [5.41, 5.74) is 1.12. The van der Waals surface area contributed by atoms with Crippen molar-refractivity contribution in [1.82, 2.24) is 0 Å². The van der Waals surface area contributed by atoms with Crippen LogP contribution in [-0.4, -0.2) is 5.11 Å². The lowest BCUT2D eigenvalue weighted by Gasteiger charge is -1.99. The summed E-state index contributed by atoms with van der Waals surface area (Å²) in [6.07, 6.45) is 4.95. The van der Waals surface area contributed by atoms with Crippen molar-refractivity contribution in [3.8, 4) is 0 Å². The molecule has 0 aromatic carbocycles. The van der Waals surface area contributed by atoms with Crippen LogP contribution >= 0.6 is 11.3 Å². The molecule has 0 aliphatic heterocycles. The van der Waals surface area contributed by atoms with E-state index in [1.165, 1.54) is 24.1 Å². The average molecular weight is 184 g/mol. The van der Waals surface area contributed by atoms with Crippen molar-refractivity contribution in [3.63, 3.8) is 0 Å². The van der Waals surface area contributed by atoms with Gasteiger partial charge in [-0.25, -0.2) is 0 Å². The average Bonchev–Trinajstić information content (AvgIpc) is 2.52. The standard InChI is InChI=1S/C10H16OS/c1-2-3-4-5-10-9(8-11)6-7-12-10/h6-7,11H,2-5,8H2,1H3. The molecule has 0 saturated carbocycles. The van der Waals surface area contributed by atoms with Gasteiger partial charge in [-0.3, -0.25) is 0 Å². The number of aryl methyl sites for hydroxylation is 1. The fourth-order valence-electron chi connectivity index (χ4n) is 1.26. The quantitative estimate of drug-likeness (QED) is 0.697. The lowest BCUT2D eigenvalue weighted by atomic mass is 10.1. The van der Waals surface area contributed by atoms with E-state index in [-0.39, 0.29) is 6.61 Å². The number of aliphatic hydroxyl groups is 1. The molecule has 0 radical (unpaired) electrons. The van der Waals surface area contributed by atoms with E-state index in [9.17, 15) is 0 Å². The van der Waals surface area contributed by atoms with Gasteiger partial charge in [0.25, 0.3) is 0 Å². The van der Waals surface area contributed by atoms with Crippen LogP contribution in [0.25, 0.3) is 0 Å². The molecule has 0 fully saturated rings. The summed E-state index contributed by atoms with van der Waals surface area (Å²) in [6.45, 7) is 2.41. The predicted octanol–water partition coefficient (Wildman–Crippen LogP) is 2.97. The highest BCUT2D eigenvalue weighted by Gasteiger charge is 2.01. The maximum absolute atomic E-state index is 8.97. The number of hydrogen-bond donors (Lipinski definition) is 1. The molecule has 1 N–H and O–H groups in total. The van der Waals surface area contributed by atoms with Crippen LogP contribution in [0.15, 0.2) is 11.4 Å². The van der Waals surface area contributed by atoms with Crippen molar-refractivity contribution in [2.45, 2.75) is 39.2 Å². The van der Waals surface area contributed by atoms with E-state index in [4.69, 9.17) is 5.11 Å². The summed E-state index contributed by atoms with van der Waals surface area (Å²) in [5.74, 6) is 0. The Kier molecular flexibility index (Phi) is 4.33. The minimum absolute atomic E-state index is 0.199. The Balaban J connectivity index is 2.39. The van der Waals surface area contributed by atoms with Gasteiger partial charge in [-0.15, -0.1) is 11.3 Å². The van der Waals surface area contributed by atoms with Gasteiger partial charge in [0, 0.05) is 4.88 Å². The zero-order valence-corrected chi connectivity index (χ0v) is 8.36. The van der Waals surface area contributed by atoms with E-state index >= 15 is 0 Å². The maximum atomic E-state index is 8.97. The highest BCUT2D eigenvalue weighted by atomic mass is 32.1. The minimum Gasteiger partial charge on any atom is -0.392 e. The fourth-order valence-corrected chi connectivity index (χ4v) is 2.21. The summed E-state index contributed by atoms with van der Waals surface area (Å²) < 4.78 is 0. The third-order valence-corrected chi connectivity index (χ3v) is 3.04. The molecule has 1 aromatic heterocycles. The highest BCUT2D eigenvalue weighted by molar-refractivity contribution is 7.10. The summed E-state index contributed by atoms with van der Waals surface area (Å²) in [4.78, 5) is 1.37. The Morgan fingerprint density at radius 2 is 2.25 bits per heavy atom. The zero-order valence-electron chi connectivity index (χ0n) is 7.55. The molecule has 0 spiro atoms. The van der Waals surface area contributed by atoms with Crippen LogP contribution in [0.5, 0.6) is 0 Å². The number of unbranched alkanes of at least 4 members (excludes halogenated alkanes) is 2. The fraction of sp³-hybridized carbons (Fsp3) is 0.600. The van der Waals surface area contributed by atoms with Gasteiger partial charge in [0.2, 0.25) is 0 Å². The van der Waals surface area contributed by atoms with Crippen LogP contribution in [0.2, 0.25) is 0 Å². The van der Waals surface area contributed by atoms with Crippen molar-refractivity contribution in [2.75, 3.05) is 0 Å². The van der Waals surface area contributed by atoms with Crippen LogP contribution < -0.4 is 0 Å². The van der Waals surface area contributed by atoms with Gasteiger partial charge < -0.3 is 5.11 Å². The molecule has 1 heterocycles. The van der Waals surface area contributed by atoms with Gasteiger partial charge in [-0.2, -0.15) is 0 Å². The SMILES string of the molecule is CCCCCc1sccc1CO. The lowest BCUT2D eigenvalue weighted by molar-refractivity contribution is 0.281. The number of thiophene rings is 1. The minimum atomic E-state index is 0.199. The molecule has 68 valence electrons. The Morgan fingerprint density at radius 1 is 1.42 bits per heavy atom. The molecule has 12 heavy (non-hydrogen) atoms. The van der Waals surface area contributed by atoms with Gasteiger partial charge in [0.05, 0.1) is 6.61 Å². The largest absolute Gasteiger partial charge is 0.392 e. The van der Waals surface area contributed by atoms with Crippen LogP contribution in [-0.2, 0) is 13.0 Å². The topological polar surface area (TPSA) is 20.2 Å². The molecule has 0 unspecified atom stereocenters. The Morgan fingerprint density at radius 3 is 2.92 bits per heavy atom. The second-order valence-electron chi connectivity index (χ2n) is 2.98. The molecule has 1 aromatic rings. The Hall–Kier alpha value is -0.340. The van der Waals surface area contributed by atoms with Gasteiger partial charge in [-0.1, -0.05) is 19.8 Å². The highest BCUT2D eigenvalue weighted by Crippen LogP contribution is 2.19. The molecule has 1 nitrogen and oxygen atoms in total. The lowest BCUT2D eigenvalue weighted by Crippen LogP contribution is -1.87. The number of aliphatic hydroxyl groups excluding tert-OH is 1. The van der Waals surface area contributed by atoms with E-state index in [1.54, 1.807) is 11.3 Å². The zero-order chi connectivity index (χ0) is 8.81. The Bertz CT molecular complexity index is 217. The van der Waals surface area contributed by atoms with Crippen LogP contribution in [0.3, 0.4) is 0 Å². The second-order valence-corrected chi connectivity index (χ2v) is 3.98. The summed E-state index contributed by atoms with van der Waals surface area (Å²) in [6, 6.07) is 2.02. The molecular formula is C10H16OS. The number of hydrogen-bond acceptors (Lipinski definition) is 2. The van der Waals surface area contributed by atoms with Crippen LogP contribution in [0.4, 0.5) is 0 Å². The van der Waals surface area contributed by atoms with Crippen molar-refractivity contribution < 1.29 is 5.11 Å². The monoisotopic (exact) mass is 184 g/mol. The molecule has 0 aliphatic rings. The molecule has 2 heteroatoms. The van der Waals surface area contributed by atoms with Crippen molar-refractivity contribution in [3.05, 3.63) is 21.9 Å². The third kappa shape index (κ3) is 2.61. The molecule has 0 aliphatic carbocycles. The third-order valence-electron chi connectivity index (χ3n) is 2.02. The van der Waals surface area contributed by atoms with Crippen molar-refractivity contribution in [1.29, 1.82) is 0 Å². The summed E-state index contributed by atoms with van der Waals surface area (Å²) >= 11 is 1.76. The number of rotatable bonds is 5. The molecule has 1 rings (SSSR count). The molecule has 0 bridgehead atoms. The van der Waals surface area contributed by atoms with E-state index in [2.05, 4.69) is 12.3 Å². The van der Waals surface area contributed by atoms with E-state index < -0.39 is 0 Å². The van der Waals surface area contributed by atoms with Gasteiger partial charge in [0.15, 0.2) is 0 Å². The van der Waals surface area contributed by atoms with Gasteiger partial charge in [0.1, 0.15) is 0 Å². The molecule has 0 saturated heterocycles. The Labute approximate surface area is 78.1 Å². The first kappa shape index (κ1) is 9.75. The van der Waals surface area contributed by atoms with E-state index in [0.29, 0.717) is 0 Å². The van der Waals surface area contributed by atoms with E-state index in [0.717, 1.165) is 12.0 Å². The first-order valence-corrected chi connectivity index (χ1v) is 5.42. The molecule has 0 amide bonds. The summed E-state index contributed by atoms with van der Waals surface area (Å²) in [7, 11) is 0. The van der Waals surface area contributed by atoms with Gasteiger partial charge >= 0.3 is 0 Å². The summed E-state index contributed by atoms with van der Waals surface area (Å²) in [5, 5.41) is 11.0. The molecule has 0 atom stereocenters. The molecular weight excluding hydrogens is 168 g/mol.